The molecule has 2 aliphatic heterocycles. The van der Waals surface area contributed by atoms with E-state index >= 15 is 0 Å². The van der Waals surface area contributed by atoms with Gasteiger partial charge in [-0.15, -0.1) is 0 Å². The quantitative estimate of drug-likeness (QED) is 0.482. The lowest BCUT2D eigenvalue weighted by Crippen LogP contribution is -2.29. The Morgan fingerprint density at radius 2 is 1.64 bits per heavy atom. The van der Waals surface area contributed by atoms with Crippen molar-refractivity contribution in [2.75, 3.05) is 4.90 Å². The van der Waals surface area contributed by atoms with Crippen LogP contribution in [0.1, 0.15) is 25.7 Å². The number of hydrogen-bond donors (Lipinski definition) is 0. The minimum atomic E-state index is -5.88. The van der Waals surface area contributed by atoms with Crippen molar-refractivity contribution in [1.29, 1.82) is 0 Å². The SMILES string of the molecule is O=S(=O)(Oc1cc(N2C3CCC2CC3)ccc1F)C(F)(F)F. The maximum absolute atomic E-state index is 13.6. The summed E-state index contributed by atoms with van der Waals surface area (Å²) in [6.45, 7) is 0. The van der Waals surface area contributed by atoms with Crippen LogP contribution in [0.4, 0.5) is 23.2 Å². The Morgan fingerprint density at radius 3 is 2.14 bits per heavy atom. The van der Waals surface area contributed by atoms with Crippen molar-refractivity contribution in [2.24, 2.45) is 0 Å². The summed E-state index contributed by atoms with van der Waals surface area (Å²) in [6, 6.07) is 3.91. The van der Waals surface area contributed by atoms with E-state index in [0.29, 0.717) is 5.69 Å². The van der Waals surface area contributed by atoms with E-state index in [4.69, 9.17) is 0 Å². The summed E-state index contributed by atoms with van der Waals surface area (Å²) < 4.78 is 76.6. The minimum absolute atomic E-state index is 0.266. The third-order valence-electron chi connectivity index (χ3n) is 4.15. The highest BCUT2D eigenvalue weighted by Gasteiger charge is 2.49. The topological polar surface area (TPSA) is 46.6 Å². The van der Waals surface area contributed by atoms with E-state index in [0.717, 1.165) is 37.8 Å². The van der Waals surface area contributed by atoms with Crippen LogP contribution < -0.4 is 9.08 Å². The van der Waals surface area contributed by atoms with Crippen molar-refractivity contribution in [3.63, 3.8) is 0 Å². The smallest absolute Gasteiger partial charge is 0.373 e. The van der Waals surface area contributed by atoms with E-state index < -0.39 is 27.2 Å². The summed E-state index contributed by atoms with van der Waals surface area (Å²) in [5.41, 5.74) is -5.11. The van der Waals surface area contributed by atoms with Gasteiger partial charge in [-0.2, -0.15) is 21.6 Å². The van der Waals surface area contributed by atoms with Crippen molar-refractivity contribution >= 4 is 15.8 Å². The Balaban J connectivity index is 1.91. The summed E-state index contributed by atoms with van der Waals surface area (Å²) in [4.78, 5) is 2.01. The standard InChI is InChI=1S/C13H13F4NO3S/c14-11-6-5-10(18-8-1-2-9(18)4-3-8)7-12(11)21-22(19,20)13(15,16)17/h5-9H,1-4H2. The zero-order valence-electron chi connectivity index (χ0n) is 11.3. The zero-order valence-corrected chi connectivity index (χ0v) is 12.1. The van der Waals surface area contributed by atoms with Gasteiger partial charge in [0, 0.05) is 23.8 Å². The molecule has 2 heterocycles. The van der Waals surface area contributed by atoms with Gasteiger partial charge in [-0.1, -0.05) is 0 Å². The molecule has 2 bridgehead atoms. The number of anilines is 1. The molecule has 0 radical (unpaired) electrons. The van der Waals surface area contributed by atoms with Gasteiger partial charge in [0.1, 0.15) is 0 Å². The first-order valence-electron chi connectivity index (χ1n) is 6.78. The molecule has 0 N–H and O–H groups in total. The molecule has 1 aromatic carbocycles. The number of nitrogens with zero attached hydrogens (tertiary/aromatic N) is 1. The lowest BCUT2D eigenvalue weighted by molar-refractivity contribution is -0.0500. The lowest BCUT2D eigenvalue weighted by atomic mass is 10.0. The van der Waals surface area contributed by atoms with E-state index in [1.807, 2.05) is 4.90 Å². The predicted octanol–water partition coefficient (Wildman–Crippen LogP) is 3.19. The van der Waals surface area contributed by atoms with Gasteiger partial charge in [-0.25, -0.2) is 4.39 Å². The molecule has 0 atom stereocenters. The number of benzene rings is 1. The molecule has 0 spiro atoms. The average Bonchev–Trinajstić information content (AvgIpc) is 3.00. The molecule has 4 nitrogen and oxygen atoms in total. The number of alkyl halides is 3. The zero-order chi connectivity index (χ0) is 16.1. The van der Waals surface area contributed by atoms with E-state index in [2.05, 4.69) is 4.18 Å². The molecule has 0 aliphatic carbocycles. The third-order valence-corrected chi connectivity index (χ3v) is 5.11. The van der Waals surface area contributed by atoms with Crippen molar-refractivity contribution in [1.82, 2.24) is 0 Å². The third kappa shape index (κ3) is 2.51. The van der Waals surface area contributed by atoms with Crippen molar-refractivity contribution in [3.05, 3.63) is 24.0 Å². The summed E-state index contributed by atoms with van der Waals surface area (Å²) in [5.74, 6) is -2.08. The van der Waals surface area contributed by atoms with Crippen LogP contribution in [0.25, 0.3) is 0 Å². The fourth-order valence-corrected chi connectivity index (χ4v) is 3.67. The van der Waals surface area contributed by atoms with Gasteiger partial charge in [-0.05, 0) is 37.8 Å². The van der Waals surface area contributed by atoms with Gasteiger partial charge in [0.2, 0.25) is 0 Å². The van der Waals surface area contributed by atoms with E-state index in [9.17, 15) is 26.0 Å². The molecule has 0 amide bonds. The van der Waals surface area contributed by atoms with Crippen LogP contribution in [0.15, 0.2) is 18.2 Å². The molecule has 3 rings (SSSR count). The largest absolute Gasteiger partial charge is 0.534 e. The second-order valence-corrected chi connectivity index (χ2v) is 7.01. The highest BCUT2D eigenvalue weighted by Crippen LogP contribution is 2.42. The van der Waals surface area contributed by atoms with E-state index in [-0.39, 0.29) is 12.1 Å². The Kier molecular flexibility index (Phi) is 3.50. The normalized spacial score (nSPS) is 24.8. The average molecular weight is 339 g/mol. The highest BCUT2D eigenvalue weighted by molar-refractivity contribution is 7.88. The van der Waals surface area contributed by atoms with Crippen LogP contribution in [-0.2, 0) is 10.1 Å². The van der Waals surface area contributed by atoms with Gasteiger partial charge >= 0.3 is 15.6 Å². The Bertz CT molecular complexity index is 669. The van der Waals surface area contributed by atoms with Crippen molar-refractivity contribution < 1.29 is 30.2 Å². The molecule has 22 heavy (non-hydrogen) atoms. The monoisotopic (exact) mass is 339 g/mol. The van der Waals surface area contributed by atoms with Crippen molar-refractivity contribution in [3.8, 4) is 5.75 Å². The molecule has 1 aromatic rings. The maximum Gasteiger partial charge on any atom is 0.534 e. The molecule has 2 fully saturated rings. The van der Waals surface area contributed by atoms with Crippen molar-refractivity contribution in [2.45, 2.75) is 43.3 Å². The first-order valence-corrected chi connectivity index (χ1v) is 8.18. The fraction of sp³-hybridized carbons (Fsp3) is 0.538. The highest BCUT2D eigenvalue weighted by atomic mass is 32.2. The molecule has 0 saturated carbocycles. The Labute approximate surface area is 124 Å². The predicted molar refractivity (Wildman–Crippen MR) is 70.5 cm³/mol. The summed E-state index contributed by atoms with van der Waals surface area (Å²) in [5, 5.41) is 0. The maximum atomic E-state index is 13.6. The summed E-state index contributed by atoms with van der Waals surface area (Å²) in [7, 11) is -5.88. The van der Waals surface area contributed by atoms with Gasteiger partial charge < -0.3 is 9.08 Å². The van der Waals surface area contributed by atoms with Gasteiger partial charge in [0.05, 0.1) is 0 Å². The molecular weight excluding hydrogens is 326 g/mol. The van der Waals surface area contributed by atoms with Crippen LogP contribution in [0, 0.1) is 5.82 Å². The van der Waals surface area contributed by atoms with Crippen LogP contribution in [-0.4, -0.2) is 26.0 Å². The number of hydrogen-bond acceptors (Lipinski definition) is 4. The molecule has 122 valence electrons. The van der Waals surface area contributed by atoms with Crippen LogP contribution in [0.3, 0.4) is 0 Å². The molecular formula is C13H13F4NO3S. The second kappa shape index (κ2) is 5.00. The minimum Gasteiger partial charge on any atom is -0.373 e. The van der Waals surface area contributed by atoms with E-state index in [1.165, 1.54) is 6.07 Å². The van der Waals surface area contributed by atoms with Gasteiger partial charge in [0.25, 0.3) is 0 Å². The first-order chi connectivity index (χ1) is 10.2. The van der Waals surface area contributed by atoms with Crippen LogP contribution >= 0.6 is 0 Å². The Hall–Kier alpha value is -1.51. The molecule has 0 unspecified atom stereocenters. The van der Waals surface area contributed by atoms with Crippen LogP contribution in [0.2, 0.25) is 0 Å². The van der Waals surface area contributed by atoms with Gasteiger partial charge in [-0.3, -0.25) is 0 Å². The number of rotatable bonds is 3. The lowest BCUT2D eigenvalue weighted by Gasteiger charge is -2.25. The fourth-order valence-electron chi connectivity index (χ4n) is 3.22. The Morgan fingerprint density at radius 1 is 1.09 bits per heavy atom. The molecule has 0 aromatic heterocycles. The van der Waals surface area contributed by atoms with Crippen LogP contribution in [0.5, 0.6) is 5.75 Å². The summed E-state index contributed by atoms with van der Waals surface area (Å²) >= 11 is 0. The number of fused-ring (bicyclic) bond motifs is 2. The van der Waals surface area contributed by atoms with Gasteiger partial charge in [0.15, 0.2) is 11.6 Å². The molecule has 9 heteroatoms. The van der Waals surface area contributed by atoms with E-state index in [1.54, 1.807) is 0 Å². The molecule has 2 aliphatic rings. The summed E-state index contributed by atoms with van der Waals surface area (Å²) in [6.07, 6.45) is 3.89. The first kappa shape index (κ1) is 15.4. The number of halogens is 4. The second-order valence-electron chi connectivity index (χ2n) is 5.47. The molecule has 2 saturated heterocycles.